The average molecular weight is 310 g/mol. The Morgan fingerprint density at radius 2 is 2.00 bits per heavy atom. The lowest BCUT2D eigenvalue weighted by atomic mass is 10.1. The standard InChI is InChI=1S/C12H11IN2/c1-8-4-3-5-10(6-8)12-11(13)7-14-9(2)15-12/h3-7H,1-2H3. The van der Waals surface area contributed by atoms with E-state index in [2.05, 4.69) is 63.7 Å². The van der Waals surface area contributed by atoms with Crippen LogP contribution in [0.1, 0.15) is 11.4 Å². The van der Waals surface area contributed by atoms with Crippen LogP contribution >= 0.6 is 22.6 Å². The zero-order chi connectivity index (χ0) is 10.8. The third-order valence-corrected chi connectivity index (χ3v) is 2.95. The quantitative estimate of drug-likeness (QED) is 0.755. The Hall–Kier alpha value is -0.970. The van der Waals surface area contributed by atoms with Crippen LogP contribution in [0.4, 0.5) is 0 Å². The summed E-state index contributed by atoms with van der Waals surface area (Å²) >= 11 is 2.27. The summed E-state index contributed by atoms with van der Waals surface area (Å²) in [5.41, 5.74) is 3.43. The van der Waals surface area contributed by atoms with Gasteiger partial charge >= 0.3 is 0 Å². The van der Waals surface area contributed by atoms with Gasteiger partial charge in [0, 0.05) is 11.8 Å². The zero-order valence-electron chi connectivity index (χ0n) is 8.66. The molecule has 0 radical (unpaired) electrons. The largest absolute Gasteiger partial charge is 0.241 e. The number of rotatable bonds is 1. The van der Waals surface area contributed by atoms with Gasteiger partial charge in [-0.2, -0.15) is 0 Å². The van der Waals surface area contributed by atoms with E-state index in [9.17, 15) is 0 Å². The molecule has 3 heteroatoms. The fourth-order valence-electron chi connectivity index (χ4n) is 1.45. The summed E-state index contributed by atoms with van der Waals surface area (Å²) in [6, 6.07) is 8.36. The number of aryl methyl sites for hydroxylation is 2. The predicted octanol–water partition coefficient (Wildman–Crippen LogP) is 3.37. The van der Waals surface area contributed by atoms with E-state index in [1.807, 2.05) is 13.1 Å². The molecule has 1 heterocycles. The van der Waals surface area contributed by atoms with Gasteiger partial charge in [-0.15, -0.1) is 0 Å². The van der Waals surface area contributed by atoms with Gasteiger partial charge in [0.2, 0.25) is 0 Å². The first-order valence-electron chi connectivity index (χ1n) is 4.73. The van der Waals surface area contributed by atoms with E-state index < -0.39 is 0 Å². The van der Waals surface area contributed by atoms with E-state index in [0.717, 1.165) is 20.7 Å². The molecule has 0 saturated heterocycles. The van der Waals surface area contributed by atoms with Crippen LogP contribution in [0.15, 0.2) is 30.5 Å². The molecule has 1 aromatic carbocycles. The van der Waals surface area contributed by atoms with Crippen molar-refractivity contribution in [2.45, 2.75) is 13.8 Å². The SMILES string of the molecule is Cc1cccc(-c2nc(C)ncc2I)c1. The summed E-state index contributed by atoms with van der Waals surface area (Å²) < 4.78 is 1.09. The molecule has 0 unspecified atom stereocenters. The highest BCUT2D eigenvalue weighted by Crippen LogP contribution is 2.23. The lowest BCUT2D eigenvalue weighted by Gasteiger charge is -2.05. The fraction of sp³-hybridized carbons (Fsp3) is 0.167. The monoisotopic (exact) mass is 310 g/mol. The second kappa shape index (κ2) is 4.26. The first kappa shape index (κ1) is 10.5. The Morgan fingerprint density at radius 1 is 1.20 bits per heavy atom. The van der Waals surface area contributed by atoms with Crippen LogP contribution in [0.25, 0.3) is 11.3 Å². The summed E-state index contributed by atoms with van der Waals surface area (Å²) in [5.74, 6) is 0.812. The molecule has 0 aliphatic heterocycles. The minimum absolute atomic E-state index is 0.812. The lowest BCUT2D eigenvalue weighted by Crippen LogP contribution is -1.94. The molecule has 15 heavy (non-hydrogen) atoms. The molecule has 0 aliphatic rings. The Bertz CT molecular complexity index is 495. The normalized spacial score (nSPS) is 10.3. The summed E-state index contributed by atoms with van der Waals surface area (Å²) in [5, 5.41) is 0. The van der Waals surface area contributed by atoms with Crippen LogP contribution < -0.4 is 0 Å². The van der Waals surface area contributed by atoms with Gasteiger partial charge in [0.1, 0.15) is 5.82 Å². The van der Waals surface area contributed by atoms with Gasteiger partial charge in [0.15, 0.2) is 0 Å². The summed E-state index contributed by atoms with van der Waals surface area (Å²) in [4.78, 5) is 8.63. The molecule has 0 N–H and O–H groups in total. The number of benzene rings is 1. The van der Waals surface area contributed by atoms with Crippen molar-refractivity contribution >= 4 is 22.6 Å². The van der Waals surface area contributed by atoms with Crippen LogP contribution in [0.3, 0.4) is 0 Å². The van der Waals surface area contributed by atoms with Crippen LogP contribution in [0.5, 0.6) is 0 Å². The highest BCUT2D eigenvalue weighted by atomic mass is 127. The van der Waals surface area contributed by atoms with E-state index in [1.54, 1.807) is 0 Å². The van der Waals surface area contributed by atoms with Gasteiger partial charge in [-0.3, -0.25) is 0 Å². The number of hydrogen-bond donors (Lipinski definition) is 0. The van der Waals surface area contributed by atoms with Crippen LogP contribution in [-0.2, 0) is 0 Å². The van der Waals surface area contributed by atoms with Crippen molar-refractivity contribution < 1.29 is 0 Å². The van der Waals surface area contributed by atoms with Crippen molar-refractivity contribution in [1.29, 1.82) is 0 Å². The highest BCUT2D eigenvalue weighted by Gasteiger charge is 2.05. The van der Waals surface area contributed by atoms with E-state index in [0.29, 0.717) is 0 Å². The van der Waals surface area contributed by atoms with Crippen molar-refractivity contribution in [2.24, 2.45) is 0 Å². The second-order valence-corrected chi connectivity index (χ2v) is 4.65. The Labute approximate surface area is 103 Å². The van der Waals surface area contributed by atoms with Gasteiger partial charge in [0.25, 0.3) is 0 Å². The molecule has 2 rings (SSSR count). The van der Waals surface area contributed by atoms with Crippen LogP contribution in [0.2, 0.25) is 0 Å². The predicted molar refractivity (Wildman–Crippen MR) is 69.7 cm³/mol. The number of halogens is 1. The Morgan fingerprint density at radius 3 is 2.73 bits per heavy atom. The van der Waals surface area contributed by atoms with Crippen LogP contribution in [0, 0.1) is 17.4 Å². The van der Waals surface area contributed by atoms with Gasteiger partial charge < -0.3 is 0 Å². The topological polar surface area (TPSA) is 25.8 Å². The summed E-state index contributed by atoms with van der Waals surface area (Å²) in [6.45, 7) is 4.00. The van der Waals surface area contributed by atoms with Crippen molar-refractivity contribution in [3.8, 4) is 11.3 Å². The Kier molecular flexibility index (Phi) is 3.00. The van der Waals surface area contributed by atoms with Crippen LogP contribution in [-0.4, -0.2) is 9.97 Å². The molecular weight excluding hydrogens is 299 g/mol. The van der Waals surface area contributed by atoms with Gasteiger partial charge in [0.05, 0.1) is 9.26 Å². The smallest absolute Gasteiger partial charge is 0.125 e. The molecule has 0 amide bonds. The lowest BCUT2D eigenvalue weighted by molar-refractivity contribution is 1.05. The maximum atomic E-state index is 4.47. The van der Waals surface area contributed by atoms with Gasteiger partial charge in [-0.05, 0) is 42.5 Å². The molecule has 76 valence electrons. The molecule has 0 saturated carbocycles. The molecule has 0 fully saturated rings. The molecule has 0 atom stereocenters. The maximum Gasteiger partial charge on any atom is 0.125 e. The molecule has 0 spiro atoms. The van der Waals surface area contributed by atoms with E-state index in [-0.39, 0.29) is 0 Å². The first-order valence-corrected chi connectivity index (χ1v) is 5.81. The first-order chi connectivity index (χ1) is 7.16. The van der Waals surface area contributed by atoms with E-state index >= 15 is 0 Å². The number of aromatic nitrogens is 2. The summed E-state index contributed by atoms with van der Waals surface area (Å²) in [7, 11) is 0. The molecule has 2 aromatic rings. The number of nitrogens with zero attached hydrogens (tertiary/aromatic N) is 2. The number of hydrogen-bond acceptors (Lipinski definition) is 2. The maximum absolute atomic E-state index is 4.47. The third-order valence-electron chi connectivity index (χ3n) is 2.16. The minimum Gasteiger partial charge on any atom is -0.241 e. The molecule has 1 aromatic heterocycles. The van der Waals surface area contributed by atoms with Crippen molar-refractivity contribution in [3.05, 3.63) is 45.4 Å². The van der Waals surface area contributed by atoms with Crippen molar-refractivity contribution in [3.63, 3.8) is 0 Å². The second-order valence-electron chi connectivity index (χ2n) is 3.48. The van der Waals surface area contributed by atoms with E-state index in [4.69, 9.17) is 0 Å². The fourth-order valence-corrected chi connectivity index (χ4v) is 2.02. The molecule has 0 bridgehead atoms. The Balaban J connectivity index is 2.58. The van der Waals surface area contributed by atoms with Crippen molar-refractivity contribution in [2.75, 3.05) is 0 Å². The van der Waals surface area contributed by atoms with Crippen molar-refractivity contribution in [1.82, 2.24) is 9.97 Å². The highest BCUT2D eigenvalue weighted by molar-refractivity contribution is 14.1. The zero-order valence-corrected chi connectivity index (χ0v) is 10.8. The molecule has 0 aliphatic carbocycles. The molecule has 2 nitrogen and oxygen atoms in total. The van der Waals surface area contributed by atoms with Gasteiger partial charge in [-0.1, -0.05) is 23.8 Å². The third kappa shape index (κ3) is 2.34. The molecular formula is C12H11IN2. The van der Waals surface area contributed by atoms with Gasteiger partial charge in [-0.25, -0.2) is 9.97 Å². The summed E-state index contributed by atoms with van der Waals surface area (Å²) in [6.07, 6.45) is 1.86. The minimum atomic E-state index is 0.812. The van der Waals surface area contributed by atoms with E-state index in [1.165, 1.54) is 5.56 Å². The average Bonchev–Trinajstić information content (AvgIpc) is 2.22.